The van der Waals surface area contributed by atoms with Crippen LogP contribution in [0.5, 0.6) is 0 Å². The van der Waals surface area contributed by atoms with Gasteiger partial charge in [-0.3, -0.25) is 0 Å². The van der Waals surface area contributed by atoms with Crippen LogP contribution in [-0.2, 0) is 19.1 Å². The van der Waals surface area contributed by atoms with Crippen molar-refractivity contribution in [3.8, 4) is 0 Å². The zero-order chi connectivity index (χ0) is 10.5. The minimum absolute atomic E-state index is 0. The average Bonchev–Trinajstić information content (AvgIpc) is 2.05. The van der Waals surface area contributed by atoms with E-state index < -0.39 is 17.5 Å². The van der Waals surface area contributed by atoms with E-state index in [1.807, 2.05) is 0 Å². The number of hydrogen-bond donors (Lipinski definition) is 1. The summed E-state index contributed by atoms with van der Waals surface area (Å²) in [5, 5.41) is 9.36. The van der Waals surface area contributed by atoms with E-state index >= 15 is 0 Å². The van der Waals surface area contributed by atoms with Gasteiger partial charge in [0.25, 0.3) is 5.60 Å². The normalized spacial score (nSPS) is 10.0. The van der Waals surface area contributed by atoms with Crippen molar-refractivity contribution in [2.75, 3.05) is 13.2 Å². The van der Waals surface area contributed by atoms with Gasteiger partial charge >= 0.3 is 11.9 Å². The van der Waals surface area contributed by atoms with Gasteiger partial charge in [0.05, 0.1) is 13.2 Å². The van der Waals surface area contributed by atoms with Gasteiger partial charge in [0.15, 0.2) is 0 Å². The topological polar surface area (TPSA) is 72.8 Å². The summed E-state index contributed by atoms with van der Waals surface area (Å²) >= 11 is 0. The van der Waals surface area contributed by atoms with Crippen molar-refractivity contribution in [3.05, 3.63) is 0 Å². The smallest absolute Gasteiger partial charge is 0.349 e. The molecular formula is C8H14NaO5. The Morgan fingerprint density at radius 3 is 1.64 bits per heavy atom. The quantitative estimate of drug-likeness (QED) is 0.386. The molecule has 0 atom stereocenters. The Morgan fingerprint density at radius 2 is 1.43 bits per heavy atom. The number of aliphatic hydroxyl groups is 1. The summed E-state index contributed by atoms with van der Waals surface area (Å²) in [6.07, 6.45) is 0. The Morgan fingerprint density at radius 1 is 1.14 bits per heavy atom. The summed E-state index contributed by atoms with van der Waals surface area (Å²) in [6.45, 7) is 4.42. The molecule has 0 spiro atoms. The molecule has 77 valence electrons. The summed E-state index contributed by atoms with van der Waals surface area (Å²) in [5.74, 6) is -1.98. The van der Waals surface area contributed by atoms with Crippen LogP contribution < -0.4 is 0 Å². The van der Waals surface area contributed by atoms with Crippen molar-refractivity contribution in [1.29, 1.82) is 0 Å². The van der Waals surface area contributed by atoms with E-state index in [1.165, 1.54) is 0 Å². The number of hydrogen-bond acceptors (Lipinski definition) is 5. The molecule has 0 aromatic heterocycles. The van der Waals surface area contributed by atoms with E-state index in [-0.39, 0.29) is 42.8 Å². The molecule has 0 unspecified atom stereocenters. The maximum Gasteiger partial charge on any atom is 0.349 e. The van der Waals surface area contributed by atoms with Crippen LogP contribution in [0.4, 0.5) is 0 Å². The van der Waals surface area contributed by atoms with Crippen LogP contribution in [-0.4, -0.2) is 65.4 Å². The molecule has 0 aromatic rings. The Kier molecular flexibility index (Phi) is 8.43. The van der Waals surface area contributed by atoms with E-state index in [4.69, 9.17) is 0 Å². The molecule has 0 amide bonds. The number of rotatable bonds is 4. The predicted octanol–water partition coefficient (Wildman–Crippen LogP) is -0.517. The Labute approximate surface area is 105 Å². The number of ether oxygens (including phenoxy) is 2. The molecule has 1 radical (unpaired) electrons. The molecule has 6 heteroatoms. The third kappa shape index (κ3) is 4.41. The average molecular weight is 213 g/mol. The third-order valence-corrected chi connectivity index (χ3v) is 1.35. The minimum atomic E-state index is -2.20. The standard InChI is InChI=1S/C8H14O5.Na/c1-4-12-6(9)8(3,11)7(10)13-5-2;/h11H,4-5H2,1-3H3;. The fourth-order valence-corrected chi connectivity index (χ4v) is 0.627. The van der Waals surface area contributed by atoms with Gasteiger partial charge in [-0.25, -0.2) is 9.59 Å². The van der Waals surface area contributed by atoms with Gasteiger partial charge in [-0.15, -0.1) is 0 Å². The molecule has 0 aliphatic carbocycles. The van der Waals surface area contributed by atoms with Crippen LogP contribution in [0.15, 0.2) is 0 Å². The van der Waals surface area contributed by atoms with Crippen molar-refractivity contribution in [2.45, 2.75) is 26.4 Å². The van der Waals surface area contributed by atoms with Crippen LogP contribution in [0.2, 0.25) is 0 Å². The third-order valence-electron chi connectivity index (χ3n) is 1.35. The van der Waals surface area contributed by atoms with Crippen LogP contribution >= 0.6 is 0 Å². The Balaban J connectivity index is 0. The van der Waals surface area contributed by atoms with Gasteiger partial charge in [-0.1, -0.05) is 0 Å². The van der Waals surface area contributed by atoms with Crippen LogP contribution in [0.1, 0.15) is 20.8 Å². The van der Waals surface area contributed by atoms with Gasteiger partial charge in [0.2, 0.25) is 0 Å². The maximum absolute atomic E-state index is 11.0. The molecule has 0 aliphatic heterocycles. The zero-order valence-electron chi connectivity index (χ0n) is 8.99. The van der Waals surface area contributed by atoms with Gasteiger partial charge in [0, 0.05) is 29.6 Å². The van der Waals surface area contributed by atoms with Crippen molar-refractivity contribution < 1.29 is 24.2 Å². The molecule has 0 heterocycles. The number of carbonyl (C=O) groups is 2. The molecular weight excluding hydrogens is 199 g/mol. The molecule has 5 nitrogen and oxygen atoms in total. The van der Waals surface area contributed by atoms with E-state index in [1.54, 1.807) is 13.8 Å². The second-order valence-corrected chi connectivity index (χ2v) is 2.51. The summed E-state index contributed by atoms with van der Waals surface area (Å²) in [4.78, 5) is 22.0. The van der Waals surface area contributed by atoms with Gasteiger partial charge < -0.3 is 14.6 Å². The number of carbonyl (C=O) groups excluding carboxylic acids is 2. The van der Waals surface area contributed by atoms with Crippen LogP contribution in [0.3, 0.4) is 0 Å². The molecule has 0 bridgehead atoms. The molecule has 0 aromatic carbocycles. The second kappa shape index (κ2) is 7.23. The molecule has 0 aliphatic rings. The van der Waals surface area contributed by atoms with Gasteiger partial charge in [-0.05, 0) is 20.8 Å². The van der Waals surface area contributed by atoms with E-state index in [2.05, 4.69) is 9.47 Å². The van der Waals surface area contributed by atoms with Gasteiger partial charge in [0.1, 0.15) is 0 Å². The fraction of sp³-hybridized carbons (Fsp3) is 0.750. The van der Waals surface area contributed by atoms with E-state index in [0.717, 1.165) is 6.92 Å². The monoisotopic (exact) mass is 213 g/mol. The van der Waals surface area contributed by atoms with E-state index in [9.17, 15) is 14.7 Å². The fourth-order valence-electron chi connectivity index (χ4n) is 0.627. The largest absolute Gasteiger partial charge is 0.463 e. The maximum atomic E-state index is 11.0. The molecule has 0 saturated heterocycles. The van der Waals surface area contributed by atoms with E-state index in [0.29, 0.717) is 0 Å². The molecule has 14 heavy (non-hydrogen) atoms. The van der Waals surface area contributed by atoms with Crippen molar-refractivity contribution in [3.63, 3.8) is 0 Å². The summed E-state index contributed by atoms with van der Waals surface area (Å²) in [7, 11) is 0. The molecule has 0 rings (SSSR count). The summed E-state index contributed by atoms with van der Waals surface area (Å²) < 4.78 is 8.97. The zero-order valence-corrected chi connectivity index (χ0v) is 11.0. The Hall–Kier alpha value is -0.100. The first-order chi connectivity index (χ1) is 5.96. The van der Waals surface area contributed by atoms with Gasteiger partial charge in [-0.2, -0.15) is 0 Å². The SMILES string of the molecule is CCOC(=O)C(C)(O)C(=O)OCC.[Na]. The summed E-state index contributed by atoms with van der Waals surface area (Å²) in [5.41, 5.74) is -2.20. The van der Waals surface area contributed by atoms with Crippen molar-refractivity contribution >= 4 is 41.5 Å². The summed E-state index contributed by atoms with van der Waals surface area (Å²) in [6, 6.07) is 0. The first kappa shape index (κ1) is 16.3. The molecule has 1 N–H and O–H groups in total. The molecule has 0 fully saturated rings. The second-order valence-electron chi connectivity index (χ2n) is 2.51. The van der Waals surface area contributed by atoms with Crippen LogP contribution in [0, 0.1) is 0 Å². The Bertz CT molecular complexity index is 182. The first-order valence-corrected chi connectivity index (χ1v) is 4.03. The van der Waals surface area contributed by atoms with Crippen LogP contribution in [0.25, 0.3) is 0 Å². The molecule has 0 saturated carbocycles. The first-order valence-electron chi connectivity index (χ1n) is 4.03. The van der Waals surface area contributed by atoms with Crippen molar-refractivity contribution in [1.82, 2.24) is 0 Å². The number of esters is 2. The van der Waals surface area contributed by atoms with Crippen molar-refractivity contribution in [2.24, 2.45) is 0 Å². The predicted molar refractivity (Wildman–Crippen MR) is 49.6 cm³/mol. The minimum Gasteiger partial charge on any atom is -0.463 e.